The number of benzene rings is 1. The normalized spacial score (nSPS) is 11.0. The van der Waals surface area contributed by atoms with E-state index in [0.717, 1.165) is 11.5 Å². The molecule has 0 aliphatic heterocycles. The average Bonchev–Trinajstić information content (AvgIpc) is 3.01. The van der Waals surface area contributed by atoms with E-state index < -0.39 is 0 Å². The van der Waals surface area contributed by atoms with Crippen molar-refractivity contribution in [3.05, 3.63) is 47.6 Å². The smallest absolute Gasteiger partial charge is 0.229 e. The summed E-state index contributed by atoms with van der Waals surface area (Å²) in [5.41, 5.74) is 1.28. The molecular weight excluding hydrogens is 310 g/mol. The number of rotatable bonds is 8. The van der Waals surface area contributed by atoms with Crippen molar-refractivity contribution >= 4 is 17.7 Å². The SMILES string of the molecule is CC(C)c1nc(CN(C)C(=O)CCSCc2ccccc2)no1. The van der Waals surface area contributed by atoms with E-state index in [2.05, 4.69) is 22.3 Å². The maximum atomic E-state index is 12.1. The Morgan fingerprint density at radius 2 is 2.04 bits per heavy atom. The molecule has 0 fully saturated rings. The first-order chi connectivity index (χ1) is 11.1. The number of hydrogen-bond donors (Lipinski definition) is 0. The Bertz CT molecular complexity index is 613. The molecule has 0 aliphatic rings. The lowest BCUT2D eigenvalue weighted by Gasteiger charge is -2.14. The van der Waals surface area contributed by atoms with Crippen molar-refractivity contribution in [2.75, 3.05) is 12.8 Å². The van der Waals surface area contributed by atoms with Crippen LogP contribution in [-0.2, 0) is 17.1 Å². The van der Waals surface area contributed by atoms with Crippen LogP contribution in [0, 0.1) is 0 Å². The number of carbonyl (C=O) groups excluding carboxylic acids is 1. The van der Waals surface area contributed by atoms with Crippen molar-refractivity contribution in [1.29, 1.82) is 0 Å². The quantitative estimate of drug-likeness (QED) is 0.692. The van der Waals surface area contributed by atoms with Crippen LogP contribution in [-0.4, -0.2) is 33.7 Å². The maximum Gasteiger partial charge on any atom is 0.229 e. The Morgan fingerprint density at radius 1 is 1.30 bits per heavy atom. The minimum atomic E-state index is 0.0986. The number of amides is 1. The molecule has 0 bridgehead atoms. The van der Waals surface area contributed by atoms with Gasteiger partial charge in [0, 0.05) is 30.9 Å². The van der Waals surface area contributed by atoms with Crippen molar-refractivity contribution in [2.24, 2.45) is 0 Å². The van der Waals surface area contributed by atoms with E-state index in [-0.39, 0.29) is 11.8 Å². The Kier molecular flexibility index (Phi) is 6.65. The summed E-state index contributed by atoms with van der Waals surface area (Å²) < 4.78 is 5.15. The Balaban J connectivity index is 1.70. The number of hydrogen-bond acceptors (Lipinski definition) is 5. The summed E-state index contributed by atoms with van der Waals surface area (Å²) in [7, 11) is 1.77. The third-order valence-corrected chi connectivity index (χ3v) is 4.38. The van der Waals surface area contributed by atoms with Crippen LogP contribution < -0.4 is 0 Å². The fourth-order valence-electron chi connectivity index (χ4n) is 1.98. The van der Waals surface area contributed by atoms with Crippen molar-refractivity contribution in [1.82, 2.24) is 15.0 Å². The first-order valence-electron chi connectivity index (χ1n) is 7.74. The van der Waals surface area contributed by atoms with E-state index in [9.17, 15) is 4.79 Å². The molecule has 124 valence electrons. The van der Waals surface area contributed by atoms with Gasteiger partial charge in [-0.3, -0.25) is 4.79 Å². The second-order valence-corrected chi connectivity index (χ2v) is 6.85. The molecule has 0 aliphatic carbocycles. The Hall–Kier alpha value is -1.82. The first-order valence-corrected chi connectivity index (χ1v) is 8.90. The number of nitrogens with zero attached hydrogens (tertiary/aromatic N) is 3. The van der Waals surface area contributed by atoms with Gasteiger partial charge in [0.25, 0.3) is 0 Å². The second-order valence-electron chi connectivity index (χ2n) is 5.74. The van der Waals surface area contributed by atoms with Crippen molar-refractivity contribution in [3.8, 4) is 0 Å². The van der Waals surface area contributed by atoms with Crippen LogP contribution in [0.15, 0.2) is 34.9 Å². The number of thioether (sulfide) groups is 1. The lowest BCUT2D eigenvalue weighted by atomic mass is 10.2. The van der Waals surface area contributed by atoms with Crippen LogP contribution >= 0.6 is 11.8 Å². The highest BCUT2D eigenvalue weighted by atomic mass is 32.2. The largest absolute Gasteiger partial charge is 0.339 e. The summed E-state index contributed by atoms with van der Waals surface area (Å²) in [6.45, 7) is 4.38. The van der Waals surface area contributed by atoms with Gasteiger partial charge >= 0.3 is 0 Å². The third-order valence-electron chi connectivity index (χ3n) is 3.35. The van der Waals surface area contributed by atoms with Crippen LogP contribution in [0.25, 0.3) is 0 Å². The molecule has 1 aromatic heterocycles. The van der Waals surface area contributed by atoms with E-state index in [0.29, 0.717) is 24.7 Å². The predicted molar refractivity (Wildman–Crippen MR) is 92.1 cm³/mol. The molecule has 0 spiro atoms. The van der Waals surface area contributed by atoms with Crippen LogP contribution in [0.5, 0.6) is 0 Å². The summed E-state index contributed by atoms with van der Waals surface area (Å²) in [6.07, 6.45) is 0.517. The van der Waals surface area contributed by atoms with Crippen LogP contribution in [0.3, 0.4) is 0 Å². The molecule has 0 saturated heterocycles. The summed E-state index contributed by atoms with van der Waals surface area (Å²) in [6, 6.07) is 10.3. The molecule has 5 nitrogen and oxygen atoms in total. The Morgan fingerprint density at radius 3 is 2.70 bits per heavy atom. The van der Waals surface area contributed by atoms with Crippen LogP contribution in [0.4, 0.5) is 0 Å². The standard InChI is InChI=1S/C17H23N3O2S/c1-13(2)17-18-15(19-22-17)11-20(3)16(21)9-10-23-12-14-7-5-4-6-8-14/h4-8,13H,9-12H2,1-3H3. The fraction of sp³-hybridized carbons (Fsp3) is 0.471. The number of aromatic nitrogens is 2. The van der Waals surface area contributed by atoms with E-state index in [1.807, 2.05) is 32.0 Å². The summed E-state index contributed by atoms with van der Waals surface area (Å²) in [5.74, 6) is 3.20. The molecule has 0 radical (unpaired) electrons. The lowest BCUT2D eigenvalue weighted by Crippen LogP contribution is -2.27. The lowest BCUT2D eigenvalue weighted by molar-refractivity contribution is -0.130. The van der Waals surface area contributed by atoms with Gasteiger partial charge in [-0.25, -0.2) is 0 Å². The molecule has 1 amide bonds. The molecule has 0 unspecified atom stereocenters. The molecule has 1 heterocycles. The van der Waals surface area contributed by atoms with E-state index in [1.165, 1.54) is 5.56 Å². The molecule has 1 aromatic carbocycles. The van der Waals surface area contributed by atoms with Crippen molar-refractivity contribution in [2.45, 2.75) is 38.5 Å². The molecule has 0 atom stereocenters. The van der Waals surface area contributed by atoms with Gasteiger partial charge < -0.3 is 9.42 Å². The highest BCUT2D eigenvalue weighted by molar-refractivity contribution is 7.98. The zero-order valence-electron chi connectivity index (χ0n) is 13.9. The first kappa shape index (κ1) is 17.5. The summed E-state index contributed by atoms with van der Waals surface area (Å²) in [4.78, 5) is 18.1. The fourth-order valence-corrected chi connectivity index (χ4v) is 2.87. The van der Waals surface area contributed by atoms with Gasteiger partial charge in [0.15, 0.2) is 5.82 Å². The minimum Gasteiger partial charge on any atom is -0.339 e. The van der Waals surface area contributed by atoms with Crippen LogP contribution in [0.2, 0.25) is 0 Å². The monoisotopic (exact) mass is 333 g/mol. The van der Waals surface area contributed by atoms with Gasteiger partial charge in [0.2, 0.25) is 11.8 Å². The van der Waals surface area contributed by atoms with Crippen molar-refractivity contribution < 1.29 is 9.32 Å². The summed E-state index contributed by atoms with van der Waals surface area (Å²) in [5, 5.41) is 3.91. The van der Waals surface area contributed by atoms with Crippen LogP contribution in [0.1, 0.15) is 43.5 Å². The number of carbonyl (C=O) groups is 1. The van der Waals surface area contributed by atoms with E-state index in [1.54, 1.807) is 23.7 Å². The van der Waals surface area contributed by atoms with Gasteiger partial charge in [-0.05, 0) is 5.56 Å². The zero-order chi connectivity index (χ0) is 16.7. The molecule has 0 N–H and O–H groups in total. The highest BCUT2D eigenvalue weighted by Gasteiger charge is 2.14. The third kappa shape index (κ3) is 5.71. The average molecular weight is 333 g/mol. The topological polar surface area (TPSA) is 59.2 Å². The van der Waals surface area contributed by atoms with Gasteiger partial charge in [0.05, 0.1) is 6.54 Å². The summed E-state index contributed by atoms with van der Waals surface area (Å²) >= 11 is 1.77. The molecule has 23 heavy (non-hydrogen) atoms. The van der Waals surface area contributed by atoms with Gasteiger partial charge in [-0.2, -0.15) is 16.7 Å². The zero-order valence-corrected chi connectivity index (χ0v) is 14.7. The van der Waals surface area contributed by atoms with Gasteiger partial charge in [-0.1, -0.05) is 49.3 Å². The molecule has 2 rings (SSSR count). The second kappa shape index (κ2) is 8.72. The highest BCUT2D eigenvalue weighted by Crippen LogP contribution is 2.14. The van der Waals surface area contributed by atoms with E-state index >= 15 is 0 Å². The van der Waals surface area contributed by atoms with Crippen molar-refractivity contribution in [3.63, 3.8) is 0 Å². The maximum absolute atomic E-state index is 12.1. The molecule has 2 aromatic rings. The predicted octanol–water partition coefficient (Wildman–Crippen LogP) is 3.47. The van der Waals surface area contributed by atoms with Gasteiger partial charge in [0.1, 0.15) is 0 Å². The minimum absolute atomic E-state index is 0.0986. The molecular formula is C17H23N3O2S. The van der Waals surface area contributed by atoms with E-state index in [4.69, 9.17) is 4.52 Å². The van der Waals surface area contributed by atoms with Gasteiger partial charge in [-0.15, -0.1) is 0 Å². The molecule has 6 heteroatoms. The molecule has 0 saturated carbocycles. The Labute approximate surface area is 141 Å².